The minimum Gasteiger partial charge on any atom is -0.292 e. The molecule has 1 aliphatic heterocycles. The molecule has 1 aromatic rings. The number of allylic oxidation sites excluding steroid dienone is 1. The Kier molecular flexibility index (Phi) is 2.45. The lowest BCUT2D eigenvalue weighted by Gasteiger charge is -2.31. The Morgan fingerprint density at radius 3 is 2.68 bits per heavy atom. The van der Waals surface area contributed by atoms with Gasteiger partial charge in [-0.2, -0.15) is 0 Å². The van der Waals surface area contributed by atoms with Gasteiger partial charge in [0.2, 0.25) is 0 Å². The van der Waals surface area contributed by atoms with Gasteiger partial charge in [0.05, 0.1) is 6.54 Å². The number of aliphatic imine (C=N–C) groups is 1. The Bertz CT molecular complexity index is 564. The lowest BCUT2D eigenvalue weighted by molar-refractivity contribution is 0.401. The van der Waals surface area contributed by atoms with Crippen LogP contribution in [0.1, 0.15) is 30.9 Å². The monoisotopic (exact) mass is 251 g/mol. The van der Waals surface area contributed by atoms with Crippen molar-refractivity contribution in [2.75, 3.05) is 6.54 Å². The fourth-order valence-corrected chi connectivity index (χ4v) is 4.51. The van der Waals surface area contributed by atoms with Crippen molar-refractivity contribution in [2.45, 2.75) is 26.7 Å². The first-order valence-electron chi connectivity index (χ1n) is 7.54. The summed E-state index contributed by atoms with van der Waals surface area (Å²) in [6.45, 7) is 5.49. The van der Waals surface area contributed by atoms with Crippen LogP contribution < -0.4 is 0 Å². The molecule has 2 aliphatic carbocycles. The number of benzene rings is 1. The summed E-state index contributed by atoms with van der Waals surface area (Å²) in [5.41, 5.74) is 6.02. The van der Waals surface area contributed by atoms with Gasteiger partial charge in [0.25, 0.3) is 0 Å². The average Bonchev–Trinajstić information content (AvgIpc) is 2.97. The van der Waals surface area contributed by atoms with Gasteiger partial charge >= 0.3 is 0 Å². The second kappa shape index (κ2) is 4.06. The molecule has 0 aromatic heterocycles. The van der Waals surface area contributed by atoms with Crippen molar-refractivity contribution >= 4 is 11.8 Å². The molecule has 2 fully saturated rings. The lowest BCUT2D eigenvalue weighted by Crippen LogP contribution is -2.24. The van der Waals surface area contributed by atoms with E-state index in [2.05, 4.69) is 49.3 Å². The van der Waals surface area contributed by atoms with Crippen LogP contribution in [0.5, 0.6) is 0 Å². The van der Waals surface area contributed by atoms with E-state index >= 15 is 0 Å². The standard InChI is InChI=1S/C18H21N/c1-11-3-5-13(6-4-11)16-9-19-10-17-14-7-12(2)15(8-14)18(16)17/h3-6,10,12,14-15,17H,7-9H2,1-2H3. The van der Waals surface area contributed by atoms with E-state index in [0.29, 0.717) is 5.92 Å². The molecule has 2 bridgehead atoms. The molecule has 0 radical (unpaired) electrons. The summed E-state index contributed by atoms with van der Waals surface area (Å²) in [7, 11) is 0. The van der Waals surface area contributed by atoms with E-state index in [0.717, 1.165) is 24.3 Å². The van der Waals surface area contributed by atoms with Gasteiger partial charge in [0, 0.05) is 12.1 Å². The van der Waals surface area contributed by atoms with E-state index in [1.807, 2.05) is 0 Å². The molecular weight excluding hydrogens is 230 g/mol. The molecule has 0 N–H and O–H groups in total. The Morgan fingerprint density at radius 1 is 1.11 bits per heavy atom. The van der Waals surface area contributed by atoms with Crippen LogP contribution in [-0.4, -0.2) is 12.8 Å². The van der Waals surface area contributed by atoms with Crippen LogP contribution in [0.2, 0.25) is 0 Å². The second-order valence-corrected chi connectivity index (χ2v) is 6.63. The van der Waals surface area contributed by atoms with Gasteiger partial charge in [-0.05, 0) is 48.7 Å². The maximum atomic E-state index is 4.66. The SMILES string of the molecule is Cc1ccc(C2=C3C(C=NC2)C2CC(C)C3C2)cc1. The van der Waals surface area contributed by atoms with Crippen molar-refractivity contribution in [3.05, 3.63) is 41.0 Å². The minimum absolute atomic E-state index is 0.659. The molecule has 19 heavy (non-hydrogen) atoms. The van der Waals surface area contributed by atoms with Crippen molar-refractivity contribution in [2.24, 2.45) is 28.7 Å². The van der Waals surface area contributed by atoms with E-state index < -0.39 is 0 Å². The van der Waals surface area contributed by atoms with Gasteiger partial charge in [-0.1, -0.05) is 42.3 Å². The molecule has 4 unspecified atom stereocenters. The third-order valence-electron chi connectivity index (χ3n) is 5.45. The van der Waals surface area contributed by atoms with E-state index in [1.54, 1.807) is 5.57 Å². The maximum Gasteiger partial charge on any atom is 0.0641 e. The largest absolute Gasteiger partial charge is 0.292 e. The second-order valence-electron chi connectivity index (χ2n) is 6.63. The fourth-order valence-electron chi connectivity index (χ4n) is 4.51. The molecule has 3 aliphatic rings. The van der Waals surface area contributed by atoms with Crippen LogP contribution >= 0.6 is 0 Å². The average molecular weight is 251 g/mol. The zero-order valence-electron chi connectivity index (χ0n) is 11.8. The van der Waals surface area contributed by atoms with Crippen molar-refractivity contribution in [3.63, 3.8) is 0 Å². The molecule has 98 valence electrons. The van der Waals surface area contributed by atoms with Crippen LogP contribution in [0.3, 0.4) is 0 Å². The van der Waals surface area contributed by atoms with E-state index in [4.69, 9.17) is 0 Å². The van der Waals surface area contributed by atoms with Gasteiger partial charge in [-0.3, -0.25) is 4.99 Å². The summed E-state index contributed by atoms with van der Waals surface area (Å²) in [6, 6.07) is 9.03. The van der Waals surface area contributed by atoms with Gasteiger partial charge in [0.15, 0.2) is 0 Å². The lowest BCUT2D eigenvalue weighted by atomic mass is 9.75. The highest BCUT2D eigenvalue weighted by Crippen LogP contribution is 2.57. The van der Waals surface area contributed by atoms with Crippen molar-refractivity contribution in [1.82, 2.24) is 0 Å². The minimum atomic E-state index is 0.659. The molecule has 1 aromatic carbocycles. The van der Waals surface area contributed by atoms with Crippen molar-refractivity contribution < 1.29 is 0 Å². The quantitative estimate of drug-likeness (QED) is 0.712. The Balaban J connectivity index is 1.82. The predicted molar refractivity (Wildman–Crippen MR) is 80.3 cm³/mol. The highest BCUT2D eigenvalue weighted by Gasteiger charge is 2.48. The molecule has 0 spiro atoms. The number of aryl methyl sites for hydroxylation is 1. The summed E-state index contributed by atoms with van der Waals surface area (Å²) in [4.78, 5) is 4.66. The molecule has 1 heteroatoms. The first-order chi connectivity index (χ1) is 9.24. The fraction of sp³-hybridized carbons (Fsp3) is 0.500. The highest BCUT2D eigenvalue weighted by molar-refractivity contribution is 5.83. The van der Waals surface area contributed by atoms with Crippen molar-refractivity contribution in [3.8, 4) is 0 Å². The Morgan fingerprint density at radius 2 is 1.89 bits per heavy atom. The molecule has 4 atom stereocenters. The molecule has 4 rings (SSSR count). The molecule has 2 saturated carbocycles. The Hall–Kier alpha value is -1.37. The zero-order chi connectivity index (χ0) is 13.0. The van der Waals surface area contributed by atoms with Gasteiger partial charge < -0.3 is 0 Å². The third kappa shape index (κ3) is 1.64. The smallest absolute Gasteiger partial charge is 0.0641 e. The van der Waals surface area contributed by atoms with Gasteiger partial charge in [-0.15, -0.1) is 0 Å². The number of fused-ring (bicyclic) bond motifs is 5. The molecule has 0 saturated heterocycles. The summed E-state index contributed by atoms with van der Waals surface area (Å²) in [6.07, 6.45) is 5.07. The number of hydrogen-bond donors (Lipinski definition) is 0. The summed E-state index contributed by atoms with van der Waals surface area (Å²) in [5.74, 6) is 3.24. The van der Waals surface area contributed by atoms with Gasteiger partial charge in [-0.25, -0.2) is 0 Å². The van der Waals surface area contributed by atoms with Crippen LogP contribution in [-0.2, 0) is 0 Å². The summed E-state index contributed by atoms with van der Waals surface area (Å²) in [5, 5.41) is 0. The normalized spacial score (nSPS) is 35.9. The topological polar surface area (TPSA) is 12.4 Å². The maximum absolute atomic E-state index is 4.66. The summed E-state index contributed by atoms with van der Waals surface area (Å²) < 4.78 is 0. The third-order valence-corrected chi connectivity index (χ3v) is 5.45. The van der Waals surface area contributed by atoms with Crippen LogP contribution in [0, 0.1) is 30.6 Å². The number of dihydropyridines is 1. The number of nitrogens with zero attached hydrogens (tertiary/aromatic N) is 1. The van der Waals surface area contributed by atoms with E-state index in [-0.39, 0.29) is 0 Å². The molecule has 1 heterocycles. The first kappa shape index (κ1) is 11.5. The van der Waals surface area contributed by atoms with Crippen molar-refractivity contribution in [1.29, 1.82) is 0 Å². The predicted octanol–water partition coefficient (Wildman–Crippen LogP) is 4.13. The van der Waals surface area contributed by atoms with Crippen LogP contribution in [0.4, 0.5) is 0 Å². The van der Waals surface area contributed by atoms with Gasteiger partial charge in [0.1, 0.15) is 0 Å². The van der Waals surface area contributed by atoms with E-state index in [1.165, 1.54) is 29.5 Å². The number of hydrogen-bond acceptors (Lipinski definition) is 1. The van der Waals surface area contributed by atoms with E-state index in [9.17, 15) is 0 Å². The highest BCUT2D eigenvalue weighted by atomic mass is 14.7. The molecule has 0 amide bonds. The summed E-state index contributed by atoms with van der Waals surface area (Å²) >= 11 is 0. The van der Waals surface area contributed by atoms with Crippen LogP contribution in [0.25, 0.3) is 5.57 Å². The first-order valence-corrected chi connectivity index (χ1v) is 7.54. The molecule has 1 nitrogen and oxygen atoms in total. The molecular formula is C18H21N. The zero-order valence-corrected chi connectivity index (χ0v) is 11.8. The number of rotatable bonds is 1. The Labute approximate surface area is 115 Å². The van der Waals surface area contributed by atoms with Crippen LogP contribution in [0.15, 0.2) is 34.8 Å².